The first kappa shape index (κ1) is 26.6. The molecule has 0 saturated heterocycles. The monoisotopic (exact) mass is 574 g/mol. The molecular formula is C33H30N6O4. The van der Waals surface area contributed by atoms with Crippen molar-refractivity contribution >= 4 is 5.78 Å². The Morgan fingerprint density at radius 2 is 1.81 bits per heavy atom. The SMILES string of the molecule is CCCc1c(Cc2ccc(-c3ccccc3-c3noc(=O)[nH]3)cc2)c(=O)n(-c2ccc3c(c2)CC(C)O3)c2nc(C)nn12. The summed E-state index contributed by atoms with van der Waals surface area (Å²) in [7, 11) is 0. The van der Waals surface area contributed by atoms with Gasteiger partial charge in [0, 0.05) is 24.0 Å². The Morgan fingerprint density at radius 3 is 2.56 bits per heavy atom. The van der Waals surface area contributed by atoms with Gasteiger partial charge in [-0.25, -0.2) is 13.9 Å². The highest BCUT2D eigenvalue weighted by Gasteiger charge is 2.24. The predicted molar refractivity (Wildman–Crippen MR) is 162 cm³/mol. The van der Waals surface area contributed by atoms with Crippen molar-refractivity contribution in [2.24, 2.45) is 0 Å². The second-order valence-corrected chi connectivity index (χ2v) is 11.0. The van der Waals surface area contributed by atoms with Crippen molar-refractivity contribution < 1.29 is 9.26 Å². The topological polar surface area (TPSA) is 120 Å². The third-order valence-electron chi connectivity index (χ3n) is 7.85. The van der Waals surface area contributed by atoms with Gasteiger partial charge in [-0.3, -0.25) is 14.3 Å². The highest BCUT2D eigenvalue weighted by molar-refractivity contribution is 5.80. The average Bonchev–Trinajstić information content (AvgIpc) is 3.72. The van der Waals surface area contributed by atoms with Crippen molar-refractivity contribution in [1.82, 2.24) is 29.3 Å². The molecule has 1 atom stereocenters. The molecule has 0 aliphatic carbocycles. The molecule has 0 amide bonds. The highest BCUT2D eigenvalue weighted by atomic mass is 16.5. The smallest absolute Gasteiger partial charge is 0.439 e. The third-order valence-corrected chi connectivity index (χ3v) is 7.85. The quantitative estimate of drug-likeness (QED) is 0.283. The van der Waals surface area contributed by atoms with Crippen LogP contribution in [0.1, 0.15) is 48.5 Å². The molecule has 6 aromatic rings. The first-order valence-corrected chi connectivity index (χ1v) is 14.4. The molecule has 10 heteroatoms. The summed E-state index contributed by atoms with van der Waals surface area (Å²) >= 11 is 0. The van der Waals surface area contributed by atoms with Gasteiger partial charge in [0.15, 0.2) is 5.82 Å². The van der Waals surface area contributed by atoms with Crippen LogP contribution in [0.5, 0.6) is 5.75 Å². The van der Waals surface area contributed by atoms with Gasteiger partial charge >= 0.3 is 5.76 Å². The van der Waals surface area contributed by atoms with Crippen molar-refractivity contribution in [2.75, 3.05) is 0 Å². The number of aromatic amines is 1. The normalized spacial score (nSPS) is 14.3. The number of nitrogens with zero attached hydrogens (tertiary/aromatic N) is 5. The number of H-pyrrole nitrogens is 1. The van der Waals surface area contributed by atoms with Crippen molar-refractivity contribution in [3.8, 4) is 34.0 Å². The fourth-order valence-electron chi connectivity index (χ4n) is 5.95. The number of nitrogens with one attached hydrogen (secondary N) is 1. The predicted octanol–water partition coefficient (Wildman–Crippen LogP) is 5.07. The number of hydrogen-bond acceptors (Lipinski definition) is 7. The van der Waals surface area contributed by atoms with Crippen LogP contribution in [-0.2, 0) is 19.3 Å². The van der Waals surface area contributed by atoms with Gasteiger partial charge in [-0.15, -0.1) is 0 Å². The maximum absolute atomic E-state index is 14.4. The van der Waals surface area contributed by atoms with E-state index in [1.54, 1.807) is 4.57 Å². The van der Waals surface area contributed by atoms with Crippen LogP contribution in [0.3, 0.4) is 0 Å². The summed E-state index contributed by atoms with van der Waals surface area (Å²) in [5.41, 5.74) is 6.91. The fourth-order valence-corrected chi connectivity index (χ4v) is 5.95. The molecule has 216 valence electrons. The number of benzene rings is 3. The summed E-state index contributed by atoms with van der Waals surface area (Å²) in [4.78, 5) is 33.2. The van der Waals surface area contributed by atoms with Gasteiger partial charge in [0.05, 0.1) is 11.4 Å². The molecule has 0 bridgehead atoms. The molecule has 0 spiro atoms. The molecule has 1 aliphatic rings. The molecular weight excluding hydrogens is 544 g/mol. The number of aryl methyl sites for hydroxylation is 2. The maximum Gasteiger partial charge on any atom is 0.439 e. The molecule has 0 fully saturated rings. The Balaban J connectivity index is 1.32. The van der Waals surface area contributed by atoms with Crippen LogP contribution >= 0.6 is 0 Å². The first-order valence-electron chi connectivity index (χ1n) is 14.4. The van der Waals surface area contributed by atoms with Crippen molar-refractivity contribution in [3.63, 3.8) is 0 Å². The first-order chi connectivity index (χ1) is 20.9. The van der Waals surface area contributed by atoms with Crippen LogP contribution in [0.15, 0.2) is 80.8 Å². The molecule has 3 aromatic heterocycles. The van der Waals surface area contributed by atoms with Gasteiger partial charge in [0.25, 0.3) is 5.56 Å². The Morgan fingerprint density at radius 1 is 1.02 bits per heavy atom. The number of fused-ring (bicyclic) bond motifs is 2. The fraction of sp³-hybridized carbons (Fsp3) is 0.242. The van der Waals surface area contributed by atoms with Gasteiger partial charge in [-0.2, -0.15) is 10.1 Å². The van der Waals surface area contributed by atoms with E-state index in [9.17, 15) is 9.59 Å². The van der Waals surface area contributed by atoms with Gasteiger partial charge < -0.3 is 4.74 Å². The van der Waals surface area contributed by atoms with Gasteiger partial charge in [0.1, 0.15) is 17.7 Å². The highest BCUT2D eigenvalue weighted by Crippen LogP contribution is 2.32. The zero-order valence-electron chi connectivity index (χ0n) is 24.1. The van der Waals surface area contributed by atoms with E-state index in [1.807, 2.05) is 85.1 Å². The molecule has 1 aliphatic heterocycles. The molecule has 3 aromatic carbocycles. The molecule has 0 radical (unpaired) electrons. The van der Waals surface area contributed by atoms with E-state index >= 15 is 0 Å². The molecule has 4 heterocycles. The van der Waals surface area contributed by atoms with Crippen molar-refractivity contribution in [3.05, 3.63) is 116 Å². The van der Waals surface area contributed by atoms with Crippen LogP contribution in [0.2, 0.25) is 0 Å². The second kappa shape index (κ2) is 10.5. The minimum Gasteiger partial charge on any atom is -0.490 e. The van der Waals surface area contributed by atoms with E-state index in [2.05, 4.69) is 22.0 Å². The number of ether oxygens (including phenoxy) is 1. The largest absolute Gasteiger partial charge is 0.490 e. The summed E-state index contributed by atoms with van der Waals surface area (Å²) in [6.07, 6.45) is 2.89. The second-order valence-electron chi connectivity index (χ2n) is 11.0. The standard InChI is InChI=1S/C33H30N6O4/c1-4-7-28-27(17-21-10-12-22(13-11-21)25-8-5-6-9-26(25)30-35-33(41)43-37-30)31(40)38(32-34-20(3)36-39(28)32)24-14-15-29-23(18-24)16-19(2)42-29/h5-6,8-15,18-19H,4,7,16-17H2,1-3H3,(H,35,37,41). The third kappa shape index (κ3) is 4.74. The summed E-state index contributed by atoms with van der Waals surface area (Å²) < 4.78 is 14.2. The van der Waals surface area contributed by atoms with E-state index in [1.165, 1.54) is 0 Å². The lowest BCUT2D eigenvalue weighted by atomic mass is 9.96. The Kier molecular flexibility index (Phi) is 6.53. The lowest BCUT2D eigenvalue weighted by Gasteiger charge is -2.16. The van der Waals surface area contributed by atoms with E-state index in [0.29, 0.717) is 35.8 Å². The summed E-state index contributed by atoms with van der Waals surface area (Å²) in [5, 5.41) is 8.59. The molecule has 0 saturated carbocycles. The van der Waals surface area contributed by atoms with E-state index in [4.69, 9.17) is 14.4 Å². The molecule has 1 N–H and O–H groups in total. The van der Waals surface area contributed by atoms with Crippen LogP contribution in [-0.4, -0.2) is 35.4 Å². The van der Waals surface area contributed by atoms with Gasteiger partial charge in [-0.05, 0) is 60.7 Å². The van der Waals surface area contributed by atoms with E-state index < -0.39 is 5.76 Å². The van der Waals surface area contributed by atoms with Crippen LogP contribution in [0.25, 0.3) is 34.0 Å². The molecule has 43 heavy (non-hydrogen) atoms. The molecule has 10 nitrogen and oxygen atoms in total. The summed E-state index contributed by atoms with van der Waals surface area (Å²) in [6.45, 7) is 5.99. The lowest BCUT2D eigenvalue weighted by molar-refractivity contribution is 0.254. The molecule has 7 rings (SSSR count). The van der Waals surface area contributed by atoms with Gasteiger partial charge in [0.2, 0.25) is 5.78 Å². The summed E-state index contributed by atoms with van der Waals surface area (Å²) in [6, 6.07) is 21.7. The zero-order valence-corrected chi connectivity index (χ0v) is 24.1. The van der Waals surface area contributed by atoms with E-state index in [-0.39, 0.29) is 11.7 Å². The van der Waals surface area contributed by atoms with Crippen molar-refractivity contribution in [1.29, 1.82) is 0 Å². The van der Waals surface area contributed by atoms with E-state index in [0.717, 1.165) is 57.8 Å². The van der Waals surface area contributed by atoms with Crippen LogP contribution in [0, 0.1) is 6.92 Å². The zero-order chi connectivity index (χ0) is 29.7. The maximum atomic E-state index is 14.4. The molecule has 1 unspecified atom stereocenters. The number of hydrogen-bond donors (Lipinski definition) is 1. The lowest BCUT2D eigenvalue weighted by Crippen LogP contribution is -2.28. The Labute approximate surface area is 246 Å². The summed E-state index contributed by atoms with van der Waals surface area (Å²) in [5.74, 6) is 1.75. The Bertz CT molecular complexity index is 2100. The average molecular weight is 575 g/mol. The number of aromatic nitrogens is 6. The Hall–Kier alpha value is -5.25. The van der Waals surface area contributed by atoms with Crippen molar-refractivity contribution in [2.45, 2.75) is 52.6 Å². The van der Waals surface area contributed by atoms with Crippen LogP contribution < -0.4 is 16.1 Å². The van der Waals surface area contributed by atoms with Crippen LogP contribution in [0.4, 0.5) is 0 Å². The minimum atomic E-state index is -0.601. The number of rotatable bonds is 7. The van der Waals surface area contributed by atoms with Gasteiger partial charge in [-0.1, -0.05) is 67.0 Å². The minimum absolute atomic E-state index is 0.0975.